The Morgan fingerprint density at radius 3 is 2.65 bits per heavy atom. The molecule has 1 unspecified atom stereocenters. The Balaban J connectivity index is 2.24. The van der Waals surface area contributed by atoms with E-state index in [0.717, 1.165) is 12.8 Å². The predicted octanol–water partition coefficient (Wildman–Crippen LogP) is 0.493. The van der Waals surface area contributed by atoms with Crippen LogP contribution < -0.4 is 4.72 Å². The standard InChI is InChI=1S/C11H23NO4S/c1-10(9-13)3-2-6-12-17(14,15)11-4-7-16-8-5-11/h10-13H,2-9H2,1H3. The largest absolute Gasteiger partial charge is 0.396 e. The van der Waals surface area contributed by atoms with Gasteiger partial charge in [0.15, 0.2) is 0 Å². The lowest BCUT2D eigenvalue weighted by Crippen LogP contribution is -2.38. The SMILES string of the molecule is CC(CO)CCCNS(=O)(=O)C1CCOCC1. The van der Waals surface area contributed by atoms with Gasteiger partial charge in [0.2, 0.25) is 10.0 Å². The van der Waals surface area contributed by atoms with Crippen molar-refractivity contribution in [2.75, 3.05) is 26.4 Å². The first-order valence-corrected chi connectivity index (χ1v) is 7.78. The minimum Gasteiger partial charge on any atom is -0.396 e. The molecule has 1 rings (SSSR count). The van der Waals surface area contributed by atoms with Gasteiger partial charge in [-0.25, -0.2) is 13.1 Å². The molecule has 1 fully saturated rings. The van der Waals surface area contributed by atoms with Gasteiger partial charge < -0.3 is 9.84 Å². The summed E-state index contributed by atoms with van der Waals surface area (Å²) in [6, 6.07) is 0. The maximum atomic E-state index is 11.9. The van der Waals surface area contributed by atoms with Gasteiger partial charge in [-0.15, -0.1) is 0 Å². The highest BCUT2D eigenvalue weighted by Crippen LogP contribution is 2.14. The summed E-state index contributed by atoms with van der Waals surface area (Å²) in [7, 11) is -3.18. The monoisotopic (exact) mass is 265 g/mol. The van der Waals surface area contributed by atoms with Crippen molar-refractivity contribution in [1.29, 1.82) is 0 Å². The van der Waals surface area contributed by atoms with Gasteiger partial charge in [0.1, 0.15) is 0 Å². The zero-order valence-electron chi connectivity index (χ0n) is 10.4. The maximum absolute atomic E-state index is 11.9. The van der Waals surface area contributed by atoms with E-state index in [1.165, 1.54) is 0 Å². The normalized spacial score (nSPS) is 20.4. The fourth-order valence-corrected chi connectivity index (χ4v) is 3.34. The first-order chi connectivity index (χ1) is 8.06. The van der Waals surface area contributed by atoms with E-state index in [4.69, 9.17) is 9.84 Å². The summed E-state index contributed by atoms with van der Waals surface area (Å²) in [4.78, 5) is 0. The molecule has 1 aliphatic rings. The highest BCUT2D eigenvalue weighted by atomic mass is 32.2. The van der Waals surface area contributed by atoms with E-state index >= 15 is 0 Å². The Morgan fingerprint density at radius 2 is 2.06 bits per heavy atom. The molecule has 5 nitrogen and oxygen atoms in total. The van der Waals surface area contributed by atoms with Gasteiger partial charge in [-0.05, 0) is 31.6 Å². The predicted molar refractivity (Wildman–Crippen MR) is 66.2 cm³/mol. The second-order valence-corrected chi connectivity index (χ2v) is 6.73. The number of nitrogens with one attached hydrogen (secondary N) is 1. The van der Waals surface area contributed by atoms with Crippen molar-refractivity contribution in [3.63, 3.8) is 0 Å². The van der Waals surface area contributed by atoms with Crippen molar-refractivity contribution in [2.24, 2.45) is 5.92 Å². The van der Waals surface area contributed by atoms with Crippen molar-refractivity contribution < 1.29 is 18.3 Å². The molecule has 0 bridgehead atoms. The van der Waals surface area contributed by atoms with Gasteiger partial charge in [-0.3, -0.25) is 0 Å². The maximum Gasteiger partial charge on any atom is 0.214 e. The van der Waals surface area contributed by atoms with Gasteiger partial charge in [-0.1, -0.05) is 6.92 Å². The van der Waals surface area contributed by atoms with Crippen LogP contribution in [-0.2, 0) is 14.8 Å². The average Bonchev–Trinajstić information content (AvgIpc) is 2.35. The van der Waals surface area contributed by atoms with E-state index in [1.807, 2.05) is 6.92 Å². The average molecular weight is 265 g/mol. The lowest BCUT2D eigenvalue weighted by Gasteiger charge is -2.22. The van der Waals surface area contributed by atoms with Gasteiger partial charge in [0.05, 0.1) is 5.25 Å². The van der Waals surface area contributed by atoms with E-state index in [9.17, 15) is 8.42 Å². The quantitative estimate of drug-likeness (QED) is 0.657. The van der Waals surface area contributed by atoms with Crippen LogP contribution in [0.4, 0.5) is 0 Å². The number of aliphatic hydroxyl groups is 1. The van der Waals surface area contributed by atoms with Crippen LogP contribution in [0.1, 0.15) is 32.6 Å². The molecule has 0 radical (unpaired) electrons. The zero-order chi connectivity index (χ0) is 12.7. The van der Waals surface area contributed by atoms with Crippen LogP contribution in [0.2, 0.25) is 0 Å². The molecule has 102 valence electrons. The summed E-state index contributed by atoms with van der Waals surface area (Å²) in [6.45, 7) is 3.64. The van der Waals surface area contributed by atoms with Crippen molar-refractivity contribution in [1.82, 2.24) is 4.72 Å². The molecule has 2 N–H and O–H groups in total. The van der Waals surface area contributed by atoms with E-state index < -0.39 is 10.0 Å². The smallest absolute Gasteiger partial charge is 0.214 e. The summed E-state index contributed by atoms with van der Waals surface area (Å²) >= 11 is 0. The lowest BCUT2D eigenvalue weighted by molar-refractivity contribution is 0.0981. The zero-order valence-corrected chi connectivity index (χ0v) is 11.2. The third-order valence-corrected chi connectivity index (χ3v) is 5.05. The molecular weight excluding hydrogens is 242 g/mol. The summed E-state index contributed by atoms with van der Waals surface area (Å²) < 4.78 is 31.6. The fraction of sp³-hybridized carbons (Fsp3) is 1.00. The third kappa shape index (κ3) is 5.33. The molecular formula is C11H23NO4S. The Morgan fingerprint density at radius 1 is 1.41 bits per heavy atom. The molecule has 0 amide bonds. The second-order valence-electron chi connectivity index (χ2n) is 4.68. The van der Waals surface area contributed by atoms with Crippen LogP contribution >= 0.6 is 0 Å². The summed E-state index contributed by atoms with van der Waals surface area (Å²) in [5.41, 5.74) is 0. The fourth-order valence-electron chi connectivity index (χ4n) is 1.86. The first kappa shape index (κ1) is 14.9. The van der Waals surface area contributed by atoms with Crippen LogP contribution in [0.15, 0.2) is 0 Å². The van der Waals surface area contributed by atoms with Crippen molar-refractivity contribution in [3.8, 4) is 0 Å². The van der Waals surface area contributed by atoms with E-state index in [0.29, 0.717) is 32.6 Å². The Labute approximate surface area is 104 Å². The van der Waals surface area contributed by atoms with Crippen molar-refractivity contribution in [2.45, 2.75) is 37.9 Å². The third-order valence-electron chi connectivity index (χ3n) is 3.10. The Bertz CT molecular complexity index is 299. The van der Waals surface area contributed by atoms with Crippen LogP contribution in [-0.4, -0.2) is 45.1 Å². The van der Waals surface area contributed by atoms with Gasteiger partial charge in [0, 0.05) is 26.4 Å². The molecule has 0 aliphatic carbocycles. The highest BCUT2D eigenvalue weighted by Gasteiger charge is 2.26. The number of ether oxygens (including phenoxy) is 1. The number of hydrogen-bond donors (Lipinski definition) is 2. The summed E-state index contributed by atoms with van der Waals surface area (Å²) in [6.07, 6.45) is 2.78. The second kappa shape index (κ2) is 7.31. The molecule has 0 spiro atoms. The number of sulfonamides is 1. The minimum atomic E-state index is -3.18. The Hall–Kier alpha value is -0.170. The lowest BCUT2D eigenvalue weighted by atomic mass is 10.1. The van der Waals surface area contributed by atoms with E-state index in [1.54, 1.807) is 0 Å². The molecule has 1 heterocycles. The first-order valence-electron chi connectivity index (χ1n) is 6.23. The minimum absolute atomic E-state index is 0.159. The molecule has 0 saturated carbocycles. The van der Waals surface area contributed by atoms with Crippen LogP contribution in [0.3, 0.4) is 0 Å². The van der Waals surface area contributed by atoms with Gasteiger partial charge in [-0.2, -0.15) is 0 Å². The topological polar surface area (TPSA) is 75.6 Å². The molecule has 0 aromatic heterocycles. The molecule has 6 heteroatoms. The molecule has 17 heavy (non-hydrogen) atoms. The van der Waals surface area contributed by atoms with Crippen molar-refractivity contribution in [3.05, 3.63) is 0 Å². The van der Waals surface area contributed by atoms with E-state index in [-0.39, 0.29) is 17.8 Å². The van der Waals surface area contributed by atoms with Gasteiger partial charge >= 0.3 is 0 Å². The molecule has 1 aliphatic heterocycles. The highest BCUT2D eigenvalue weighted by molar-refractivity contribution is 7.90. The Kier molecular flexibility index (Phi) is 6.40. The summed E-state index contributed by atoms with van der Waals surface area (Å²) in [5, 5.41) is 8.55. The van der Waals surface area contributed by atoms with Gasteiger partial charge in [0.25, 0.3) is 0 Å². The van der Waals surface area contributed by atoms with Crippen LogP contribution in [0, 0.1) is 5.92 Å². The van der Waals surface area contributed by atoms with E-state index in [2.05, 4.69) is 4.72 Å². The molecule has 0 aromatic rings. The molecule has 1 atom stereocenters. The summed E-state index contributed by atoms with van der Waals surface area (Å²) in [5.74, 6) is 0.239. The van der Waals surface area contributed by atoms with Crippen LogP contribution in [0.5, 0.6) is 0 Å². The van der Waals surface area contributed by atoms with Crippen molar-refractivity contribution >= 4 is 10.0 Å². The molecule has 0 aromatic carbocycles. The molecule has 1 saturated heterocycles. The number of hydrogen-bond acceptors (Lipinski definition) is 4. The number of aliphatic hydroxyl groups excluding tert-OH is 1. The number of rotatable bonds is 7. The van der Waals surface area contributed by atoms with Crippen LogP contribution in [0.25, 0.3) is 0 Å².